The first-order chi connectivity index (χ1) is 7.72. The third-order valence-electron chi connectivity index (χ3n) is 2.61. The van der Waals surface area contributed by atoms with E-state index < -0.39 is 12.6 Å². The minimum atomic E-state index is -0.993. The first-order valence-corrected chi connectivity index (χ1v) is 5.28. The number of alkyl halides is 1. The van der Waals surface area contributed by atoms with Gasteiger partial charge in [-0.3, -0.25) is 0 Å². The second-order valence-corrected chi connectivity index (χ2v) is 3.87. The van der Waals surface area contributed by atoms with Gasteiger partial charge in [-0.2, -0.15) is 0 Å². The summed E-state index contributed by atoms with van der Waals surface area (Å²) in [6.45, 7) is -0.593. The van der Waals surface area contributed by atoms with Gasteiger partial charge in [0.25, 0.3) is 0 Å². The molecular weight excluding hydrogens is 211 g/mol. The van der Waals surface area contributed by atoms with Gasteiger partial charge >= 0.3 is 5.97 Å². The molecule has 1 aromatic rings. The van der Waals surface area contributed by atoms with E-state index in [2.05, 4.69) is 0 Å². The molecule has 0 saturated heterocycles. The molecule has 1 aliphatic rings. The van der Waals surface area contributed by atoms with Crippen molar-refractivity contribution in [2.75, 3.05) is 13.3 Å². The molecule has 0 aliphatic heterocycles. The molecule has 0 spiro atoms. The van der Waals surface area contributed by atoms with Gasteiger partial charge in [-0.15, -0.1) is 0 Å². The average Bonchev–Trinajstić information content (AvgIpc) is 3.09. The number of carboxylic acids is 1. The van der Waals surface area contributed by atoms with Crippen LogP contribution >= 0.6 is 0 Å². The van der Waals surface area contributed by atoms with Crippen LogP contribution in [0.5, 0.6) is 5.75 Å². The molecular formula is C12H13FO3. The Morgan fingerprint density at radius 3 is 2.81 bits per heavy atom. The van der Waals surface area contributed by atoms with E-state index in [9.17, 15) is 9.18 Å². The van der Waals surface area contributed by atoms with Gasteiger partial charge in [-0.1, -0.05) is 6.07 Å². The first kappa shape index (κ1) is 10.9. The predicted molar refractivity (Wildman–Crippen MR) is 56.8 cm³/mol. The monoisotopic (exact) mass is 224 g/mol. The van der Waals surface area contributed by atoms with Crippen molar-refractivity contribution in [3.05, 3.63) is 29.3 Å². The summed E-state index contributed by atoms with van der Waals surface area (Å²) < 4.78 is 17.3. The maximum atomic E-state index is 12.0. The van der Waals surface area contributed by atoms with Crippen LogP contribution in [-0.2, 0) is 0 Å². The molecule has 0 aromatic heterocycles. The van der Waals surface area contributed by atoms with Crippen LogP contribution in [0.4, 0.5) is 4.39 Å². The second kappa shape index (κ2) is 4.51. The highest BCUT2D eigenvalue weighted by molar-refractivity contribution is 5.88. The Morgan fingerprint density at radius 2 is 2.25 bits per heavy atom. The molecule has 0 radical (unpaired) electrons. The minimum absolute atomic E-state index is 0.0250. The Bertz CT molecular complexity index is 399. The van der Waals surface area contributed by atoms with E-state index in [0.29, 0.717) is 11.7 Å². The quantitative estimate of drug-likeness (QED) is 0.836. The zero-order valence-corrected chi connectivity index (χ0v) is 8.78. The van der Waals surface area contributed by atoms with Crippen LogP contribution in [0.1, 0.15) is 34.7 Å². The number of rotatable bonds is 5. The number of hydrogen-bond acceptors (Lipinski definition) is 2. The SMILES string of the molecule is O=C(O)c1ccc(C2CC2)c(OCCF)c1. The van der Waals surface area contributed by atoms with Crippen molar-refractivity contribution in [3.63, 3.8) is 0 Å². The van der Waals surface area contributed by atoms with Crippen molar-refractivity contribution in [2.45, 2.75) is 18.8 Å². The number of carboxylic acid groups (broad SMARTS) is 1. The molecule has 1 saturated carbocycles. The van der Waals surface area contributed by atoms with Gasteiger partial charge in [0, 0.05) is 0 Å². The molecule has 1 fully saturated rings. The highest BCUT2D eigenvalue weighted by Crippen LogP contribution is 2.44. The van der Waals surface area contributed by atoms with Crippen LogP contribution in [0.15, 0.2) is 18.2 Å². The lowest BCUT2D eigenvalue weighted by Crippen LogP contribution is -2.04. The van der Waals surface area contributed by atoms with Crippen molar-refractivity contribution < 1.29 is 19.0 Å². The van der Waals surface area contributed by atoms with Crippen molar-refractivity contribution in [1.82, 2.24) is 0 Å². The number of hydrogen-bond donors (Lipinski definition) is 1. The third-order valence-corrected chi connectivity index (χ3v) is 2.61. The normalized spacial score (nSPS) is 14.8. The van der Waals surface area contributed by atoms with Gasteiger partial charge in [-0.25, -0.2) is 9.18 Å². The molecule has 1 aliphatic carbocycles. The van der Waals surface area contributed by atoms with Crippen molar-refractivity contribution in [1.29, 1.82) is 0 Å². The Kier molecular flexibility index (Phi) is 3.08. The summed E-state index contributed by atoms with van der Waals surface area (Å²) in [7, 11) is 0. The van der Waals surface area contributed by atoms with Crippen LogP contribution in [-0.4, -0.2) is 24.4 Å². The smallest absolute Gasteiger partial charge is 0.335 e. The number of benzene rings is 1. The molecule has 16 heavy (non-hydrogen) atoms. The molecule has 0 heterocycles. The molecule has 1 N–H and O–H groups in total. The summed E-state index contributed by atoms with van der Waals surface area (Å²) in [6.07, 6.45) is 2.19. The lowest BCUT2D eigenvalue weighted by Gasteiger charge is -2.10. The number of aromatic carboxylic acids is 1. The number of ether oxygens (including phenoxy) is 1. The van der Waals surface area contributed by atoms with Crippen molar-refractivity contribution in [3.8, 4) is 5.75 Å². The van der Waals surface area contributed by atoms with Gasteiger partial charge in [-0.05, 0) is 36.5 Å². The van der Waals surface area contributed by atoms with Gasteiger partial charge in [0.05, 0.1) is 5.56 Å². The highest BCUT2D eigenvalue weighted by atomic mass is 19.1. The van der Waals surface area contributed by atoms with E-state index in [-0.39, 0.29) is 12.2 Å². The van der Waals surface area contributed by atoms with E-state index in [1.807, 2.05) is 0 Å². The Balaban J connectivity index is 2.26. The minimum Gasteiger partial charge on any atom is -0.491 e. The van der Waals surface area contributed by atoms with Crippen LogP contribution in [0.3, 0.4) is 0 Å². The summed E-state index contributed by atoms with van der Waals surface area (Å²) in [5.74, 6) is -0.0232. The number of carbonyl (C=O) groups is 1. The summed E-state index contributed by atoms with van der Waals surface area (Å²) >= 11 is 0. The van der Waals surface area contributed by atoms with Crippen LogP contribution < -0.4 is 4.74 Å². The zero-order valence-electron chi connectivity index (χ0n) is 8.78. The summed E-state index contributed by atoms with van der Waals surface area (Å²) in [5, 5.41) is 8.85. The molecule has 0 atom stereocenters. The highest BCUT2D eigenvalue weighted by Gasteiger charge is 2.27. The van der Waals surface area contributed by atoms with Gasteiger partial charge in [0.1, 0.15) is 19.0 Å². The lowest BCUT2D eigenvalue weighted by atomic mass is 10.1. The maximum absolute atomic E-state index is 12.0. The molecule has 0 amide bonds. The maximum Gasteiger partial charge on any atom is 0.335 e. The lowest BCUT2D eigenvalue weighted by molar-refractivity contribution is 0.0696. The van der Waals surface area contributed by atoms with Gasteiger partial charge in [0.2, 0.25) is 0 Å². The molecule has 86 valence electrons. The molecule has 4 heteroatoms. The molecule has 1 aromatic carbocycles. The molecule has 3 nitrogen and oxygen atoms in total. The van der Waals surface area contributed by atoms with Crippen molar-refractivity contribution in [2.24, 2.45) is 0 Å². The summed E-state index contributed by atoms with van der Waals surface area (Å²) in [6, 6.07) is 4.82. The summed E-state index contributed by atoms with van der Waals surface area (Å²) in [5.41, 5.74) is 1.18. The third kappa shape index (κ3) is 2.32. The van der Waals surface area contributed by atoms with E-state index in [0.717, 1.165) is 18.4 Å². The Morgan fingerprint density at radius 1 is 1.50 bits per heavy atom. The molecule has 0 bridgehead atoms. The fourth-order valence-corrected chi connectivity index (χ4v) is 1.67. The Labute approximate surface area is 92.9 Å². The van der Waals surface area contributed by atoms with E-state index >= 15 is 0 Å². The first-order valence-electron chi connectivity index (χ1n) is 5.28. The second-order valence-electron chi connectivity index (χ2n) is 3.87. The summed E-state index contributed by atoms with van der Waals surface area (Å²) in [4.78, 5) is 10.8. The van der Waals surface area contributed by atoms with Crippen LogP contribution in [0.2, 0.25) is 0 Å². The van der Waals surface area contributed by atoms with Crippen LogP contribution in [0.25, 0.3) is 0 Å². The molecule has 0 unspecified atom stereocenters. The van der Waals surface area contributed by atoms with E-state index in [4.69, 9.17) is 9.84 Å². The largest absolute Gasteiger partial charge is 0.491 e. The van der Waals surface area contributed by atoms with Crippen LogP contribution in [0, 0.1) is 0 Å². The predicted octanol–water partition coefficient (Wildman–Crippen LogP) is 2.61. The van der Waals surface area contributed by atoms with Gasteiger partial charge < -0.3 is 9.84 Å². The van der Waals surface area contributed by atoms with Crippen molar-refractivity contribution >= 4 is 5.97 Å². The average molecular weight is 224 g/mol. The standard InChI is InChI=1S/C12H13FO3/c13-5-6-16-11-7-9(12(14)15)3-4-10(11)8-1-2-8/h3-4,7-8H,1-2,5-6H2,(H,14,15). The molecule has 2 rings (SSSR count). The fraction of sp³-hybridized carbons (Fsp3) is 0.417. The van der Waals surface area contributed by atoms with Gasteiger partial charge in [0.15, 0.2) is 0 Å². The van der Waals surface area contributed by atoms with E-state index in [1.54, 1.807) is 12.1 Å². The fourth-order valence-electron chi connectivity index (χ4n) is 1.67. The topological polar surface area (TPSA) is 46.5 Å². The zero-order chi connectivity index (χ0) is 11.5. The van der Waals surface area contributed by atoms with E-state index in [1.165, 1.54) is 6.07 Å². The Hall–Kier alpha value is -1.58. The number of halogens is 1.